The molecule has 4 aromatic rings. The third kappa shape index (κ3) is 5.55. The molecule has 11 heteroatoms. The molecule has 1 amide bonds. The van der Waals surface area contributed by atoms with Crippen LogP contribution in [-0.2, 0) is 13.3 Å². The number of halogens is 4. The lowest BCUT2D eigenvalue weighted by atomic mass is 10.2. The van der Waals surface area contributed by atoms with Gasteiger partial charge in [0.05, 0.1) is 16.6 Å². The van der Waals surface area contributed by atoms with Gasteiger partial charge in [0.1, 0.15) is 10.8 Å². The SMILES string of the molecule is O=C(Nc1nn(Cc2ccc(Cl)c(Cl)c2)cc1Cl)c1ccn(COc2ccc(Cl)cc2)n1. The summed E-state index contributed by atoms with van der Waals surface area (Å²) in [5, 5.41) is 13.0. The number of aromatic nitrogens is 4. The number of benzene rings is 2. The number of carbonyl (C=O) groups is 1. The molecule has 2 aromatic heterocycles. The lowest BCUT2D eigenvalue weighted by molar-refractivity contribution is 0.101. The molecule has 0 saturated carbocycles. The van der Waals surface area contributed by atoms with Crippen LogP contribution in [0.15, 0.2) is 60.9 Å². The van der Waals surface area contributed by atoms with Crippen molar-refractivity contribution >= 4 is 58.1 Å². The van der Waals surface area contributed by atoms with E-state index in [-0.39, 0.29) is 18.2 Å². The molecule has 0 saturated heterocycles. The fraction of sp³-hybridized carbons (Fsp3) is 0.0952. The number of nitrogens with one attached hydrogen (secondary N) is 1. The van der Waals surface area contributed by atoms with Crippen molar-refractivity contribution in [1.82, 2.24) is 19.6 Å². The zero-order valence-corrected chi connectivity index (χ0v) is 19.3. The van der Waals surface area contributed by atoms with E-state index in [1.807, 2.05) is 6.07 Å². The molecule has 0 bridgehead atoms. The maximum absolute atomic E-state index is 12.6. The number of carbonyl (C=O) groups excluding carboxylic acids is 1. The van der Waals surface area contributed by atoms with Gasteiger partial charge in [0.2, 0.25) is 0 Å². The molecular weight excluding hydrogens is 496 g/mol. The summed E-state index contributed by atoms with van der Waals surface area (Å²) in [4.78, 5) is 12.6. The van der Waals surface area contributed by atoms with Gasteiger partial charge in [-0.3, -0.25) is 9.48 Å². The first kappa shape index (κ1) is 22.5. The normalized spacial score (nSPS) is 10.9. The van der Waals surface area contributed by atoms with E-state index < -0.39 is 5.91 Å². The summed E-state index contributed by atoms with van der Waals surface area (Å²) in [6.07, 6.45) is 3.24. The zero-order valence-electron chi connectivity index (χ0n) is 16.3. The van der Waals surface area contributed by atoms with Crippen LogP contribution in [0.5, 0.6) is 5.75 Å². The highest BCUT2D eigenvalue weighted by molar-refractivity contribution is 6.42. The summed E-state index contributed by atoms with van der Waals surface area (Å²) >= 11 is 24.1. The molecule has 0 fully saturated rings. The Hall–Kier alpha value is -2.71. The second-order valence-corrected chi connectivity index (χ2v) is 8.35. The molecule has 0 radical (unpaired) electrons. The van der Waals surface area contributed by atoms with Crippen molar-refractivity contribution in [3.05, 3.63) is 92.3 Å². The standard InChI is InChI=1S/C21H15Cl4N5O2/c22-14-2-4-15(5-3-14)32-12-29-8-7-19(27-29)21(31)26-20-18(25)11-30(28-20)10-13-1-6-16(23)17(24)9-13/h1-9,11H,10,12H2,(H,26,28,31). The molecule has 0 unspecified atom stereocenters. The Morgan fingerprint density at radius 2 is 1.69 bits per heavy atom. The fourth-order valence-electron chi connectivity index (χ4n) is 2.79. The first-order chi connectivity index (χ1) is 15.4. The van der Waals surface area contributed by atoms with Crippen LogP contribution in [0.1, 0.15) is 16.1 Å². The van der Waals surface area contributed by atoms with Crippen LogP contribution in [0.4, 0.5) is 5.82 Å². The Kier molecular flexibility index (Phi) is 6.91. The number of rotatable bonds is 7. The van der Waals surface area contributed by atoms with Crippen LogP contribution < -0.4 is 10.1 Å². The molecule has 7 nitrogen and oxygen atoms in total. The van der Waals surface area contributed by atoms with Gasteiger partial charge in [-0.15, -0.1) is 0 Å². The molecule has 32 heavy (non-hydrogen) atoms. The van der Waals surface area contributed by atoms with Crippen molar-refractivity contribution in [2.75, 3.05) is 5.32 Å². The first-order valence-electron chi connectivity index (χ1n) is 9.27. The average molecular weight is 511 g/mol. The van der Waals surface area contributed by atoms with Crippen molar-refractivity contribution in [1.29, 1.82) is 0 Å². The van der Waals surface area contributed by atoms with Gasteiger partial charge in [-0.05, 0) is 48.0 Å². The van der Waals surface area contributed by atoms with Crippen LogP contribution in [0, 0.1) is 0 Å². The Morgan fingerprint density at radius 3 is 2.44 bits per heavy atom. The number of hydrogen-bond acceptors (Lipinski definition) is 4. The Bertz CT molecular complexity index is 1250. The number of anilines is 1. The predicted octanol–water partition coefficient (Wildman–Crippen LogP) is 6.03. The molecular formula is C21H15Cl4N5O2. The highest BCUT2D eigenvalue weighted by Crippen LogP contribution is 2.24. The van der Waals surface area contributed by atoms with Gasteiger partial charge in [0.15, 0.2) is 18.2 Å². The summed E-state index contributed by atoms with van der Waals surface area (Å²) in [7, 11) is 0. The molecule has 2 heterocycles. The van der Waals surface area contributed by atoms with E-state index in [4.69, 9.17) is 51.1 Å². The Morgan fingerprint density at radius 1 is 0.906 bits per heavy atom. The van der Waals surface area contributed by atoms with Gasteiger partial charge < -0.3 is 10.1 Å². The van der Waals surface area contributed by atoms with Crippen molar-refractivity contribution < 1.29 is 9.53 Å². The van der Waals surface area contributed by atoms with Crippen molar-refractivity contribution in [3.8, 4) is 5.75 Å². The second kappa shape index (κ2) is 9.83. The van der Waals surface area contributed by atoms with E-state index in [1.165, 1.54) is 4.68 Å². The summed E-state index contributed by atoms with van der Waals surface area (Å²) in [5.41, 5.74) is 1.08. The van der Waals surface area contributed by atoms with E-state index in [1.54, 1.807) is 59.5 Å². The van der Waals surface area contributed by atoms with Gasteiger partial charge in [0.25, 0.3) is 5.91 Å². The monoisotopic (exact) mass is 509 g/mol. The van der Waals surface area contributed by atoms with Gasteiger partial charge in [0, 0.05) is 17.4 Å². The van der Waals surface area contributed by atoms with Gasteiger partial charge >= 0.3 is 0 Å². The van der Waals surface area contributed by atoms with E-state index in [9.17, 15) is 4.79 Å². The van der Waals surface area contributed by atoms with E-state index in [0.29, 0.717) is 32.4 Å². The Balaban J connectivity index is 1.37. The second-order valence-electron chi connectivity index (χ2n) is 6.69. The fourth-order valence-corrected chi connectivity index (χ4v) is 3.43. The summed E-state index contributed by atoms with van der Waals surface area (Å²) in [6.45, 7) is 0.539. The smallest absolute Gasteiger partial charge is 0.277 e. The molecule has 0 aliphatic heterocycles. The third-order valence-electron chi connectivity index (χ3n) is 4.33. The van der Waals surface area contributed by atoms with Gasteiger partial charge in [-0.1, -0.05) is 52.5 Å². The van der Waals surface area contributed by atoms with Crippen molar-refractivity contribution in [2.24, 2.45) is 0 Å². The largest absolute Gasteiger partial charge is 0.471 e. The van der Waals surface area contributed by atoms with Gasteiger partial charge in [-0.25, -0.2) is 4.68 Å². The summed E-state index contributed by atoms with van der Waals surface area (Å²) in [5.74, 6) is 0.413. The van der Waals surface area contributed by atoms with Crippen LogP contribution in [-0.4, -0.2) is 25.5 Å². The van der Waals surface area contributed by atoms with Gasteiger partial charge in [-0.2, -0.15) is 10.2 Å². The first-order valence-corrected chi connectivity index (χ1v) is 10.8. The molecule has 4 rings (SSSR count). The highest BCUT2D eigenvalue weighted by Gasteiger charge is 2.15. The van der Waals surface area contributed by atoms with Crippen LogP contribution in [0.2, 0.25) is 20.1 Å². The molecule has 164 valence electrons. The van der Waals surface area contributed by atoms with Crippen LogP contribution in [0.25, 0.3) is 0 Å². The van der Waals surface area contributed by atoms with Crippen LogP contribution >= 0.6 is 46.4 Å². The number of amides is 1. The predicted molar refractivity (Wildman–Crippen MR) is 125 cm³/mol. The van der Waals surface area contributed by atoms with Crippen molar-refractivity contribution in [3.63, 3.8) is 0 Å². The van der Waals surface area contributed by atoms with E-state index in [0.717, 1.165) is 5.56 Å². The zero-order chi connectivity index (χ0) is 22.7. The lowest BCUT2D eigenvalue weighted by Gasteiger charge is -2.06. The molecule has 2 aromatic carbocycles. The number of hydrogen-bond donors (Lipinski definition) is 1. The maximum atomic E-state index is 12.6. The average Bonchev–Trinajstić information content (AvgIpc) is 3.37. The summed E-state index contributed by atoms with van der Waals surface area (Å²) < 4.78 is 8.70. The molecule has 0 spiro atoms. The molecule has 0 aliphatic carbocycles. The quantitative estimate of drug-likeness (QED) is 0.329. The van der Waals surface area contributed by atoms with E-state index in [2.05, 4.69) is 15.5 Å². The van der Waals surface area contributed by atoms with E-state index >= 15 is 0 Å². The van der Waals surface area contributed by atoms with Crippen LogP contribution in [0.3, 0.4) is 0 Å². The molecule has 1 N–H and O–H groups in total. The molecule has 0 atom stereocenters. The number of nitrogens with zero attached hydrogens (tertiary/aromatic N) is 4. The topological polar surface area (TPSA) is 74.0 Å². The summed E-state index contributed by atoms with van der Waals surface area (Å²) in [6, 6.07) is 13.8. The lowest BCUT2D eigenvalue weighted by Crippen LogP contribution is -2.15. The minimum atomic E-state index is -0.447. The maximum Gasteiger partial charge on any atom is 0.277 e. The Labute approximate surface area is 203 Å². The highest BCUT2D eigenvalue weighted by atomic mass is 35.5. The minimum absolute atomic E-state index is 0.133. The van der Waals surface area contributed by atoms with Crippen molar-refractivity contribution in [2.45, 2.75) is 13.3 Å². The third-order valence-corrected chi connectivity index (χ3v) is 5.60. The molecule has 0 aliphatic rings. The minimum Gasteiger partial charge on any atom is -0.471 e. The number of ether oxygens (including phenoxy) is 1.